The van der Waals surface area contributed by atoms with Crippen LogP contribution in [-0.2, 0) is 65.0 Å². The molecule has 2 heterocycles. The van der Waals surface area contributed by atoms with Crippen molar-refractivity contribution in [3.05, 3.63) is 259 Å². The summed E-state index contributed by atoms with van der Waals surface area (Å²) in [5, 5.41) is 0. The van der Waals surface area contributed by atoms with Gasteiger partial charge >= 0.3 is 0 Å². The molecule has 8 aromatic carbocycles. The maximum atomic E-state index is 7.92. The summed E-state index contributed by atoms with van der Waals surface area (Å²) >= 11 is 0. The molecule has 3 aliphatic rings. The number of rotatable bonds is 8. The summed E-state index contributed by atoms with van der Waals surface area (Å²) in [5.74, 6) is 0.0811. The summed E-state index contributed by atoms with van der Waals surface area (Å²) in [6, 6.07) is 59.7. The molecule has 8 bridgehead atoms. The van der Waals surface area contributed by atoms with Gasteiger partial charge in [0.05, 0.1) is 28.4 Å². The van der Waals surface area contributed by atoms with Crippen LogP contribution in [0.3, 0.4) is 0 Å². The number of hydrogen-bond acceptors (Lipinski definition) is 8. The van der Waals surface area contributed by atoms with Crippen LogP contribution < -0.4 is 18.9 Å². The lowest BCUT2D eigenvalue weighted by atomic mass is 9.78. The highest BCUT2D eigenvalue weighted by Crippen LogP contribution is 2.61. The van der Waals surface area contributed by atoms with E-state index >= 15 is 0 Å². The average Bonchev–Trinajstić information content (AvgIpc) is 2.76. The highest BCUT2D eigenvalue weighted by Gasteiger charge is 2.55. The van der Waals surface area contributed by atoms with Gasteiger partial charge in [-0.2, -0.15) is 0 Å². The fraction of sp³-hybridized carbons (Fsp3) is 0.368. The zero-order chi connectivity index (χ0) is 59.7. The van der Waals surface area contributed by atoms with Gasteiger partial charge in [0, 0.05) is 57.3 Å². The molecule has 2 fully saturated rings. The number of fused-ring (bicyclic) bond motifs is 14. The van der Waals surface area contributed by atoms with Gasteiger partial charge in [0.25, 0.3) is 0 Å². The molecule has 2 saturated heterocycles. The molecule has 436 valence electrons. The summed E-state index contributed by atoms with van der Waals surface area (Å²) < 4.78 is 59.2. The second-order valence-electron chi connectivity index (χ2n) is 27.2. The second-order valence-corrected chi connectivity index (χ2v) is 27.2. The third kappa shape index (κ3) is 10.5. The van der Waals surface area contributed by atoms with Gasteiger partial charge in [-0.1, -0.05) is 229 Å². The first-order valence-electron chi connectivity index (χ1n) is 29.7. The Hall–Kier alpha value is -7.20. The first kappa shape index (κ1) is 58.6. The Balaban J connectivity index is 1.30. The first-order chi connectivity index (χ1) is 39.9. The fourth-order valence-electron chi connectivity index (χ4n) is 12.8. The molecule has 0 spiro atoms. The molecular formula is C76H84O8. The minimum absolute atomic E-state index is 0.310. The Labute approximate surface area is 499 Å². The van der Waals surface area contributed by atoms with Crippen molar-refractivity contribution < 1.29 is 37.9 Å². The van der Waals surface area contributed by atoms with Crippen molar-refractivity contribution in [2.75, 3.05) is 28.4 Å². The Bertz CT molecular complexity index is 3190. The lowest BCUT2D eigenvalue weighted by Crippen LogP contribution is -2.29. The highest BCUT2D eigenvalue weighted by molar-refractivity contribution is 5.60. The fourth-order valence-corrected chi connectivity index (χ4v) is 12.8. The van der Waals surface area contributed by atoms with Gasteiger partial charge in [0.2, 0.25) is 11.6 Å². The molecule has 0 amide bonds. The van der Waals surface area contributed by atoms with Crippen LogP contribution in [0.5, 0.6) is 23.0 Å². The van der Waals surface area contributed by atoms with Crippen LogP contribution in [-0.4, -0.2) is 28.4 Å². The lowest BCUT2D eigenvalue weighted by Gasteiger charge is -2.31. The van der Waals surface area contributed by atoms with E-state index in [2.05, 4.69) is 180 Å². The topological polar surface area (TPSA) is 73.8 Å². The zero-order valence-corrected chi connectivity index (χ0v) is 52.2. The SMILES string of the molecule is COc1c2cc(C(C)(C)C)cc1[C@H]1OC(c3ccccc3)(c3ccccc3)O[C@@H]1c1cc(C(C)(C)C)cc(c1OC)Cc1cc(C(C)(C)C)cc(c1OC)[C@@H]1OC(c3ccccc3)(c3ccccc3)O[C@H]1c1cc(C(C)(C)C)cc(c1OC)C2. The molecular weight excluding hydrogens is 1040 g/mol. The van der Waals surface area contributed by atoms with Gasteiger partial charge in [-0.05, 0) is 90.4 Å². The van der Waals surface area contributed by atoms with E-state index in [1.807, 2.05) is 72.8 Å². The zero-order valence-electron chi connectivity index (χ0n) is 52.2. The van der Waals surface area contributed by atoms with E-state index in [0.717, 1.165) is 89.0 Å². The number of methoxy groups -OCH3 is 4. The largest absolute Gasteiger partial charge is 0.496 e. The maximum absolute atomic E-state index is 7.92. The Morgan fingerprint density at radius 3 is 0.655 bits per heavy atom. The molecule has 0 radical (unpaired) electrons. The molecule has 2 aliphatic heterocycles. The van der Waals surface area contributed by atoms with E-state index in [-0.39, 0.29) is 21.7 Å². The van der Waals surface area contributed by atoms with Crippen LogP contribution in [0.15, 0.2) is 170 Å². The van der Waals surface area contributed by atoms with Crippen LogP contribution in [0.25, 0.3) is 0 Å². The van der Waals surface area contributed by atoms with Gasteiger partial charge in [-0.15, -0.1) is 0 Å². The molecule has 1 aliphatic carbocycles. The number of hydrogen-bond donors (Lipinski definition) is 0. The monoisotopic (exact) mass is 1120 g/mol. The molecule has 0 N–H and O–H groups in total. The smallest absolute Gasteiger partial charge is 0.223 e. The second kappa shape index (κ2) is 22.0. The van der Waals surface area contributed by atoms with Crippen molar-refractivity contribution in [1.29, 1.82) is 0 Å². The van der Waals surface area contributed by atoms with Crippen molar-refractivity contribution >= 4 is 0 Å². The van der Waals surface area contributed by atoms with Gasteiger partial charge in [-0.3, -0.25) is 0 Å². The third-order valence-corrected chi connectivity index (χ3v) is 17.4. The van der Waals surface area contributed by atoms with E-state index in [4.69, 9.17) is 37.9 Å². The molecule has 8 aromatic rings. The van der Waals surface area contributed by atoms with Crippen molar-refractivity contribution in [2.24, 2.45) is 0 Å². The van der Waals surface area contributed by atoms with Crippen LogP contribution in [0, 0.1) is 0 Å². The predicted molar refractivity (Wildman–Crippen MR) is 335 cm³/mol. The van der Waals surface area contributed by atoms with Gasteiger partial charge in [0.1, 0.15) is 47.4 Å². The molecule has 0 aromatic heterocycles. The standard InChI is InChI=1S/C76H84O8/c1-71(2,3)55-39-47-37-48-40-56(72(4,5)6)45-61(64(48)78-14)69-70(84-76(83-69,53-33-25-19-26-34-53)54-35-27-20-28-36-54)62-46-58(74(10,11)12)42-50(66(62)80-16)38-49-41-57(73(7,8)9)44-60(65(49)79-15)68-67(59(43-55)63(47)77-13)81-75(82-68,51-29-21-17-22-30-51)52-31-23-18-24-32-52/h17-36,39-46,67-70H,37-38H2,1-16H3/t67-,68-,69+,70+. The molecule has 11 rings (SSSR count). The molecule has 84 heavy (non-hydrogen) atoms. The summed E-state index contributed by atoms with van der Waals surface area (Å²) in [6.07, 6.45) is -2.10. The molecule has 0 saturated carbocycles. The summed E-state index contributed by atoms with van der Waals surface area (Å²) in [4.78, 5) is 0. The Kier molecular flexibility index (Phi) is 15.3. The summed E-state index contributed by atoms with van der Waals surface area (Å²) in [5.41, 5.74) is 14.0. The average molecular weight is 1130 g/mol. The van der Waals surface area contributed by atoms with E-state index in [0.29, 0.717) is 35.8 Å². The lowest BCUT2D eigenvalue weighted by molar-refractivity contribution is -0.152. The van der Waals surface area contributed by atoms with Crippen LogP contribution in [0.1, 0.15) is 197 Å². The maximum Gasteiger partial charge on any atom is 0.223 e. The highest BCUT2D eigenvalue weighted by atomic mass is 16.8. The number of ether oxygens (including phenoxy) is 8. The Morgan fingerprint density at radius 2 is 0.488 bits per heavy atom. The quantitative estimate of drug-likeness (QED) is 0.149. The summed E-state index contributed by atoms with van der Waals surface area (Å²) in [7, 11) is 7.11. The minimum atomic E-state index is -1.37. The number of benzene rings is 8. The van der Waals surface area contributed by atoms with Gasteiger partial charge in [-0.25, -0.2) is 0 Å². The summed E-state index contributed by atoms with van der Waals surface area (Å²) in [6.45, 7) is 27.2. The molecule has 8 heteroatoms. The molecule has 0 unspecified atom stereocenters. The van der Waals surface area contributed by atoms with E-state index in [9.17, 15) is 0 Å². The van der Waals surface area contributed by atoms with Crippen molar-refractivity contribution in [3.63, 3.8) is 0 Å². The van der Waals surface area contributed by atoms with Crippen LogP contribution in [0.2, 0.25) is 0 Å². The van der Waals surface area contributed by atoms with E-state index < -0.39 is 36.0 Å². The third-order valence-electron chi connectivity index (χ3n) is 17.4. The van der Waals surface area contributed by atoms with Crippen molar-refractivity contribution in [3.8, 4) is 23.0 Å². The van der Waals surface area contributed by atoms with Crippen LogP contribution >= 0.6 is 0 Å². The Morgan fingerprint density at radius 1 is 0.298 bits per heavy atom. The van der Waals surface area contributed by atoms with E-state index in [1.54, 1.807) is 28.4 Å². The molecule has 4 atom stereocenters. The van der Waals surface area contributed by atoms with E-state index in [1.165, 1.54) is 0 Å². The van der Waals surface area contributed by atoms with Gasteiger partial charge < -0.3 is 37.9 Å². The van der Waals surface area contributed by atoms with Gasteiger partial charge in [0.15, 0.2) is 0 Å². The normalized spacial score (nSPS) is 19.3. The van der Waals surface area contributed by atoms with Crippen LogP contribution in [0.4, 0.5) is 0 Å². The predicted octanol–water partition coefficient (Wildman–Crippen LogP) is 17.9. The first-order valence-corrected chi connectivity index (χ1v) is 29.7. The minimum Gasteiger partial charge on any atom is -0.496 e. The molecule has 8 nitrogen and oxygen atoms in total. The van der Waals surface area contributed by atoms with Crippen molar-refractivity contribution in [1.82, 2.24) is 0 Å². The van der Waals surface area contributed by atoms with Crippen molar-refractivity contribution in [2.45, 2.75) is 154 Å².